The van der Waals surface area contributed by atoms with E-state index in [4.69, 9.17) is 9.15 Å². The molecule has 0 bridgehead atoms. The van der Waals surface area contributed by atoms with Gasteiger partial charge in [-0.15, -0.1) is 0 Å². The van der Waals surface area contributed by atoms with Gasteiger partial charge in [0, 0.05) is 0 Å². The Labute approximate surface area is 113 Å². The van der Waals surface area contributed by atoms with Crippen LogP contribution in [0.15, 0.2) is 16.5 Å². The first-order chi connectivity index (χ1) is 8.85. The van der Waals surface area contributed by atoms with Gasteiger partial charge in [0.2, 0.25) is 0 Å². The number of furan rings is 1. The molecule has 19 heavy (non-hydrogen) atoms. The normalized spacial score (nSPS) is 23.4. The second-order valence-electron chi connectivity index (χ2n) is 5.92. The summed E-state index contributed by atoms with van der Waals surface area (Å²) >= 11 is 0. The van der Waals surface area contributed by atoms with Crippen LogP contribution in [0.2, 0.25) is 0 Å². The standard InChI is InChI=1S/C14H22N2O3/c1-9-5-6-11(18-9)12-10(7-8-15-12)16-13(17)19-14(2,3)4/h5-6,10,12,15H,7-8H2,1-4H3,(H,16,17)/t10-,12-/m1/s1. The summed E-state index contributed by atoms with van der Waals surface area (Å²) in [6, 6.07) is 3.89. The number of alkyl carbamates (subject to hydrolysis) is 1. The molecule has 2 rings (SSSR count). The summed E-state index contributed by atoms with van der Waals surface area (Å²) in [5.74, 6) is 1.73. The molecular formula is C14H22N2O3. The number of carbonyl (C=O) groups is 1. The summed E-state index contributed by atoms with van der Waals surface area (Å²) in [5, 5.41) is 6.25. The molecule has 0 spiro atoms. The first-order valence-electron chi connectivity index (χ1n) is 6.64. The Morgan fingerprint density at radius 3 is 2.79 bits per heavy atom. The fraction of sp³-hybridized carbons (Fsp3) is 0.643. The summed E-state index contributed by atoms with van der Waals surface area (Å²) in [6.45, 7) is 8.33. The number of aryl methyl sites for hydroxylation is 1. The lowest BCUT2D eigenvalue weighted by molar-refractivity contribution is 0.0498. The van der Waals surface area contributed by atoms with E-state index in [2.05, 4.69) is 10.6 Å². The van der Waals surface area contributed by atoms with Crippen LogP contribution in [0.1, 0.15) is 44.8 Å². The third-order valence-electron chi connectivity index (χ3n) is 2.99. The number of carbonyl (C=O) groups excluding carboxylic acids is 1. The average Bonchev–Trinajstić information content (AvgIpc) is 2.83. The lowest BCUT2D eigenvalue weighted by Crippen LogP contribution is -2.41. The van der Waals surface area contributed by atoms with Crippen LogP contribution in [0.25, 0.3) is 0 Å². The van der Waals surface area contributed by atoms with E-state index in [9.17, 15) is 4.79 Å². The summed E-state index contributed by atoms with van der Waals surface area (Å²) < 4.78 is 10.9. The van der Waals surface area contributed by atoms with Crippen LogP contribution < -0.4 is 10.6 Å². The zero-order valence-corrected chi connectivity index (χ0v) is 11.9. The van der Waals surface area contributed by atoms with Gasteiger partial charge >= 0.3 is 6.09 Å². The van der Waals surface area contributed by atoms with E-state index < -0.39 is 5.60 Å². The molecule has 1 saturated heterocycles. The van der Waals surface area contributed by atoms with Crippen molar-refractivity contribution in [1.82, 2.24) is 10.6 Å². The minimum Gasteiger partial charge on any atom is -0.465 e. The quantitative estimate of drug-likeness (QED) is 0.863. The third kappa shape index (κ3) is 3.73. The van der Waals surface area contributed by atoms with Crippen molar-refractivity contribution in [2.24, 2.45) is 0 Å². The number of rotatable bonds is 2. The molecule has 2 atom stereocenters. The molecule has 0 aliphatic carbocycles. The summed E-state index contributed by atoms with van der Waals surface area (Å²) in [5.41, 5.74) is -0.479. The summed E-state index contributed by atoms with van der Waals surface area (Å²) in [6.07, 6.45) is 0.485. The van der Waals surface area contributed by atoms with E-state index in [0.717, 1.165) is 24.5 Å². The van der Waals surface area contributed by atoms with E-state index in [1.54, 1.807) is 0 Å². The monoisotopic (exact) mass is 266 g/mol. The van der Waals surface area contributed by atoms with Gasteiger partial charge in [-0.3, -0.25) is 0 Å². The van der Waals surface area contributed by atoms with Gasteiger partial charge in [-0.2, -0.15) is 0 Å². The molecule has 2 heterocycles. The molecule has 1 amide bonds. The highest BCUT2D eigenvalue weighted by Gasteiger charge is 2.32. The summed E-state index contributed by atoms with van der Waals surface area (Å²) in [7, 11) is 0. The molecule has 1 aromatic rings. The van der Waals surface area contributed by atoms with E-state index in [1.807, 2.05) is 39.8 Å². The van der Waals surface area contributed by atoms with Crippen LogP contribution in [-0.2, 0) is 4.74 Å². The lowest BCUT2D eigenvalue weighted by atomic mass is 10.1. The van der Waals surface area contributed by atoms with Crippen molar-refractivity contribution in [3.63, 3.8) is 0 Å². The van der Waals surface area contributed by atoms with E-state index in [0.29, 0.717) is 0 Å². The van der Waals surface area contributed by atoms with Crippen LogP contribution in [-0.4, -0.2) is 24.3 Å². The smallest absolute Gasteiger partial charge is 0.407 e. The van der Waals surface area contributed by atoms with Crippen LogP contribution in [0, 0.1) is 6.92 Å². The van der Waals surface area contributed by atoms with Crippen molar-refractivity contribution in [3.8, 4) is 0 Å². The van der Waals surface area contributed by atoms with Gasteiger partial charge in [-0.25, -0.2) is 4.79 Å². The van der Waals surface area contributed by atoms with Gasteiger partial charge in [-0.1, -0.05) is 0 Å². The second kappa shape index (κ2) is 5.25. The van der Waals surface area contributed by atoms with Crippen molar-refractivity contribution >= 4 is 6.09 Å². The van der Waals surface area contributed by atoms with Gasteiger partial charge in [0.05, 0.1) is 12.1 Å². The molecule has 0 saturated carbocycles. The Hall–Kier alpha value is -1.49. The Balaban J connectivity index is 1.98. The molecule has 1 aliphatic rings. The highest BCUT2D eigenvalue weighted by atomic mass is 16.6. The van der Waals surface area contributed by atoms with Gasteiger partial charge < -0.3 is 19.8 Å². The molecule has 106 valence electrons. The predicted octanol–water partition coefficient (Wildman–Crippen LogP) is 2.52. The van der Waals surface area contributed by atoms with Crippen molar-refractivity contribution in [1.29, 1.82) is 0 Å². The number of amides is 1. The molecule has 1 fully saturated rings. The average molecular weight is 266 g/mol. The molecule has 5 nitrogen and oxygen atoms in total. The maximum atomic E-state index is 11.8. The fourth-order valence-electron chi connectivity index (χ4n) is 2.24. The van der Waals surface area contributed by atoms with E-state index in [1.165, 1.54) is 0 Å². The molecule has 5 heteroatoms. The van der Waals surface area contributed by atoms with E-state index >= 15 is 0 Å². The van der Waals surface area contributed by atoms with Crippen molar-refractivity contribution in [2.45, 2.75) is 51.8 Å². The first-order valence-corrected chi connectivity index (χ1v) is 6.64. The fourth-order valence-corrected chi connectivity index (χ4v) is 2.24. The maximum absolute atomic E-state index is 11.8. The Bertz CT molecular complexity index is 448. The van der Waals surface area contributed by atoms with Crippen LogP contribution >= 0.6 is 0 Å². The van der Waals surface area contributed by atoms with Crippen molar-refractivity contribution in [2.75, 3.05) is 6.54 Å². The molecule has 2 N–H and O–H groups in total. The maximum Gasteiger partial charge on any atom is 0.407 e. The predicted molar refractivity (Wildman–Crippen MR) is 72.0 cm³/mol. The SMILES string of the molecule is Cc1ccc([C@@H]2NCC[C@H]2NC(=O)OC(C)(C)C)o1. The largest absolute Gasteiger partial charge is 0.465 e. The number of hydrogen-bond acceptors (Lipinski definition) is 4. The van der Waals surface area contributed by atoms with Gasteiger partial charge in [0.25, 0.3) is 0 Å². The second-order valence-corrected chi connectivity index (χ2v) is 5.92. The van der Waals surface area contributed by atoms with E-state index in [-0.39, 0.29) is 18.2 Å². The molecule has 0 unspecified atom stereocenters. The highest BCUT2D eigenvalue weighted by Crippen LogP contribution is 2.25. The molecular weight excluding hydrogens is 244 g/mol. The molecule has 0 aromatic carbocycles. The lowest BCUT2D eigenvalue weighted by Gasteiger charge is -2.23. The van der Waals surface area contributed by atoms with Crippen LogP contribution in [0.5, 0.6) is 0 Å². The highest BCUT2D eigenvalue weighted by molar-refractivity contribution is 5.68. The topological polar surface area (TPSA) is 63.5 Å². The molecule has 1 aromatic heterocycles. The Morgan fingerprint density at radius 1 is 1.47 bits per heavy atom. The number of hydrogen-bond donors (Lipinski definition) is 2. The van der Waals surface area contributed by atoms with Gasteiger partial charge in [0.1, 0.15) is 17.1 Å². The van der Waals surface area contributed by atoms with Crippen LogP contribution in [0.3, 0.4) is 0 Å². The van der Waals surface area contributed by atoms with Gasteiger partial charge in [-0.05, 0) is 52.8 Å². The van der Waals surface area contributed by atoms with Gasteiger partial charge in [0.15, 0.2) is 0 Å². The Kier molecular flexibility index (Phi) is 3.85. The third-order valence-corrected chi connectivity index (χ3v) is 2.99. The van der Waals surface area contributed by atoms with Crippen molar-refractivity contribution < 1.29 is 13.9 Å². The number of nitrogens with one attached hydrogen (secondary N) is 2. The number of ether oxygens (including phenoxy) is 1. The first kappa shape index (κ1) is 13.9. The zero-order chi connectivity index (χ0) is 14.0. The zero-order valence-electron chi connectivity index (χ0n) is 11.9. The Morgan fingerprint density at radius 2 is 2.21 bits per heavy atom. The minimum absolute atomic E-state index is 0.000370. The van der Waals surface area contributed by atoms with Crippen LogP contribution in [0.4, 0.5) is 4.79 Å². The minimum atomic E-state index is -0.479. The summed E-state index contributed by atoms with van der Waals surface area (Å²) in [4.78, 5) is 11.8. The molecule has 0 radical (unpaired) electrons. The van der Waals surface area contributed by atoms with Crippen molar-refractivity contribution in [3.05, 3.63) is 23.7 Å². The molecule has 1 aliphatic heterocycles.